The van der Waals surface area contributed by atoms with E-state index in [1.165, 1.54) is 0 Å². The largest absolute Gasteiger partial charge is 0.387 e. The van der Waals surface area contributed by atoms with Gasteiger partial charge in [-0.1, -0.05) is 30.7 Å². The molecule has 4 nitrogen and oxygen atoms in total. The molecule has 0 spiro atoms. The lowest BCUT2D eigenvalue weighted by Gasteiger charge is -2.32. The molecule has 2 N–H and O–H groups in total. The lowest BCUT2D eigenvalue weighted by atomic mass is 9.95. The molecule has 1 aliphatic heterocycles. The molecule has 22 heavy (non-hydrogen) atoms. The van der Waals surface area contributed by atoms with Gasteiger partial charge in [-0.3, -0.25) is 4.79 Å². The van der Waals surface area contributed by atoms with Gasteiger partial charge in [0, 0.05) is 24.0 Å². The van der Waals surface area contributed by atoms with Gasteiger partial charge < -0.3 is 15.3 Å². The number of hydrogen-bond acceptors (Lipinski definition) is 3. The second-order valence-electron chi connectivity index (χ2n) is 5.93. The highest BCUT2D eigenvalue weighted by Crippen LogP contribution is 2.22. The third-order valence-corrected chi connectivity index (χ3v) is 4.45. The SMILES string of the molecule is CCCNC(=O)C1CCN(CC(O)c2ccc(Cl)cc2)CC1. The van der Waals surface area contributed by atoms with Crippen LogP contribution in [0.5, 0.6) is 0 Å². The Kier molecular flexibility index (Phi) is 6.68. The molecule has 0 saturated carbocycles. The van der Waals surface area contributed by atoms with E-state index in [9.17, 15) is 9.90 Å². The second-order valence-corrected chi connectivity index (χ2v) is 6.37. The first-order chi connectivity index (χ1) is 10.6. The Morgan fingerprint density at radius 3 is 2.59 bits per heavy atom. The van der Waals surface area contributed by atoms with Gasteiger partial charge in [0.1, 0.15) is 0 Å². The third-order valence-electron chi connectivity index (χ3n) is 4.19. The number of nitrogens with one attached hydrogen (secondary N) is 1. The van der Waals surface area contributed by atoms with Gasteiger partial charge in [0.2, 0.25) is 5.91 Å². The lowest BCUT2D eigenvalue weighted by Crippen LogP contribution is -2.42. The van der Waals surface area contributed by atoms with Gasteiger partial charge in [-0.15, -0.1) is 0 Å². The molecular weight excluding hydrogens is 300 g/mol. The van der Waals surface area contributed by atoms with Crippen molar-refractivity contribution in [3.8, 4) is 0 Å². The number of halogens is 1. The van der Waals surface area contributed by atoms with Gasteiger partial charge in [-0.05, 0) is 50.0 Å². The maximum Gasteiger partial charge on any atom is 0.223 e. The molecule has 1 amide bonds. The van der Waals surface area contributed by atoms with Crippen molar-refractivity contribution in [3.05, 3.63) is 34.9 Å². The summed E-state index contributed by atoms with van der Waals surface area (Å²) in [6, 6.07) is 7.31. The van der Waals surface area contributed by atoms with Crippen LogP contribution in [0.1, 0.15) is 37.9 Å². The number of rotatable bonds is 6. The van der Waals surface area contributed by atoms with E-state index in [1.807, 2.05) is 12.1 Å². The van der Waals surface area contributed by atoms with E-state index in [4.69, 9.17) is 11.6 Å². The number of carbonyl (C=O) groups is 1. The van der Waals surface area contributed by atoms with E-state index >= 15 is 0 Å². The average Bonchev–Trinajstić information content (AvgIpc) is 2.54. The Balaban J connectivity index is 1.77. The highest BCUT2D eigenvalue weighted by Gasteiger charge is 2.25. The number of carbonyl (C=O) groups excluding carboxylic acids is 1. The molecule has 1 fully saturated rings. The molecule has 0 aromatic heterocycles. The van der Waals surface area contributed by atoms with Crippen molar-refractivity contribution in [2.24, 2.45) is 5.92 Å². The van der Waals surface area contributed by atoms with Crippen LogP contribution in [0, 0.1) is 5.92 Å². The maximum absolute atomic E-state index is 11.9. The van der Waals surface area contributed by atoms with E-state index < -0.39 is 6.10 Å². The second kappa shape index (κ2) is 8.51. The number of aliphatic hydroxyl groups excluding tert-OH is 1. The van der Waals surface area contributed by atoms with E-state index in [0.29, 0.717) is 11.6 Å². The summed E-state index contributed by atoms with van der Waals surface area (Å²) >= 11 is 5.86. The number of nitrogens with zero attached hydrogens (tertiary/aromatic N) is 1. The summed E-state index contributed by atoms with van der Waals surface area (Å²) in [6.45, 7) is 5.13. The van der Waals surface area contributed by atoms with Crippen LogP contribution in [-0.2, 0) is 4.79 Å². The normalized spacial score (nSPS) is 18.1. The highest BCUT2D eigenvalue weighted by atomic mass is 35.5. The van der Waals surface area contributed by atoms with E-state index in [0.717, 1.165) is 44.5 Å². The number of likely N-dealkylation sites (tertiary alicyclic amines) is 1. The molecule has 1 aromatic carbocycles. The Labute approximate surface area is 137 Å². The molecule has 1 unspecified atom stereocenters. The molecule has 1 atom stereocenters. The fourth-order valence-corrected chi connectivity index (χ4v) is 2.93. The van der Waals surface area contributed by atoms with Gasteiger partial charge in [-0.25, -0.2) is 0 Å². The monoisotopic (exact) mass is 324 g/mol. The minimum Gasteiger partial charge on any atom is -0.387 e. The predicted molar refractivity (Wildman–Crippen MR) is 88.9 cm³/mol. The maximum atomic E-state index is 11.9. The Hall–Kier alpha value is -1.10. The van der Waals surface area contributed by atoms with Crippen LogP contribution in [0.25, 0.3) is 0 Å². The van der Waals surface area contributed by atoms with Crippen LogP contribution in [0.2, 0.25) is 5.02 Å². The first-order valence-electron chi connectivity index (χ1n) is 8.03. The quantitative estimate of drug-likeness (QED) is 0.845. The average molecular weight is 325 g/mol. The first-order valence-corrected chi connectivity index (χ1v) is 8.41. The summed E-state index contributed by atoms with van der Waals surface area (Å²) in [5.41, 5.74) is 0.882. The van der Waals surface area contributed by atoms with E-state index in [-0.39, 0.29) is 11.8 Å². The molecule has 0 bridgehead atoms. The standard InChI is InChI=1S/C17H25ClN2O2/c1-2-9-19-17(22)14-7-10-20(11-8-14)12-16(21)13-3-5-15(18)6-4-13/h3-6,14,16,21H,2,7-12H2,1H3,(H,19,22). The molecule has 0 aliphatic carbocycles. The number of amides is 1. The lowest BCUT2D eigenvalue weighted by molar-refractivity contribution is -0.126. The predicted octanol–water partition coefficient (Wildman–Crippen LogP) is 2.61. The van der Waals surface area contributed by atoms with Crippen molar-refractivity contribution >= 4 is 17.5 Å². The summed E-state index contributed by atoms with van der Waals surface area (Å²) in [5.74, 6) is 0.301. The molecule has 1 aliphatic rings. The molecule has 1 saturated heterocycles. The summed E-state index contributed by atoms with van der Waals surface area (Å²) < 4.78 is 0. The summed E-state index contributed by atoms with van der Waals surface area (Å²) in [5, 5.41) is 13.9. The van der Waals surface area contributed by atoms with Gasteiger partial charge in [0.05, 0.1) is 6.10 Å². The van der Waals surface area contributed by atoms with Crippen LogP contribution >= 0.6 is 11.6 Å². The van der Waals surface area contributed by atoms with Crippen LogP contribution in [0.4, 0.5) is 0 Å². The number of β-amino-alcohol motifs (C(OH)–C–C–N with tert-alkyl or cyclic N) is 1. The molecule has 1 aromatic rings. The molecule has 5 heteroatoms. The summed E-state index contributed by atoms with van der Waals surface area (Å²) in [6.07, 6.45) is 2.19. The number of benzene rings is 1. The van der Waals surface area contributed by atoms with Crippen molar-refractivity contribution in [2.45, 2.75) is 32.3 Å². The molecule has 0 radical (unpaired) electrons. The number of aliphatic hydroxyl groups is 1. The smallest absolute Gasteiger partial charge is 0.223 e. The van der Waals surface area contributed by atoms with Crippen LogP contribution in [-0.4, -0.2) is 42.1 Å². The minimum absolute atomic E-state index is 0.121. The topological polar surface area (TPSA) is 52.6 Å². The van der Waals surface area contributed by atoms with Gasteiger partial charge in [0.15, 0.2) is 0 Å². The molecular formula is C17H25ClN2O2. The highest BCUT2D eigenvalue weighted by molar-refractivity contribution is 6.30. The van der Waals surface area contributed by atoms with E-state index in [1.54, 1.807) is 12.1 Å². The number of piperidine rings is 1. The zero-order chi connectivity index (χ0) is 15.9. The fraction of sp³-hybridized carbons (Fsp3) is 0.588. The van der Waals surface area contributed by atoms with Crippen LogP contribution in [0.15, 0.2) is 24.3 Å². The van der Waals surface area contributed by atoms with Gasteiger partial charge in [-0.2, -0.15) is 0 Å². The Bertz CT molecular complexity index is 470. The number of hydrogen-bond donors (Lipinski definition) is 2. The fourth-order valence-electron chi connectivity index (χ4n) is 2.81. The van der Waals surface area contributed by atoms with Gasteiger partial charge in [0.25, 0.3) is 0 Å². The summed E-state index contributed by atoms with van der Waals surface area (Å²) in [7, 11) is 0. The first kappa shape index (κ1) is 17.3. The van der Waals surface area contributed by atoms with E-state index in [2.05, 4.69) is 17.1 Å². The van der Waals surface area contributed by atoms with Crippen molar-refractivity contribution in [1.29, 1.82) is 0 Å². The zero-order valence-electron chi connectivity index (χ0n) is 13.1. The van der Waals surface area contributed by atoms with Crippen molar-refractivity contribution in [2.75, 3.05) is 26.2 Å². The van der Waals surface area contributed by atoms with Crippen LogP contribution < -0.4 is 5.32 Å². The third kappa shape index (κ3) is 4.97. The summed E-state index contributed by atoms with van der Waals surface area (Å²) in [4.78, 5) is 14.2. The molecule has 1 heterocycles. The Morgan fingerprint density at radius 2 is 2.00 bits per heavy atom. The van der Waals surface area contributed by atoms with Crippen molar-refractivity contribution in [3.63, 3.8) is 0 Å². The van der Waals surface area contributed by atoms with Crippen molar-refractivity contribution < 1.29 is 9.90 Å². The molecule has 2 rings (SSSR count). The molecule has 122 valence electrons. The van der Waals surface area contributed by atoms with Crippen LogP contribution in [0.3, 0.4) is 0 Å². The van der Waals surface area contributed by atoms with Crippen molar-refractivity contribution in [1.82, 2.24) is 10.2 Å². The Morgan fingerprint density at radius 1 is 1.36 bits per heavy atom. The zero-order valence-corrected chi connectivity index (χ0v) is 13.9. The minimum atomic E-state index is -0.511. The van der Waals surface area contributed by atoms with Gasteiger partial charge >= 0.3 is 0 Å².